The molecule has 0 unspecified atom stereocenters. The van der Waals surface area contributed by atoms with Crippen LogP contribution in [-0.2, 0) is 0 Å². The molecule has 1 aliphatic rings. The SMILES string of the molecule is Cc1ccc(NC(=O)N[C@@H]2CCC[C@@H](C)[C@@H]2C)cc1F. The van der Waals surface area contributed by atoms with E-state index in [4.69, 9.17) is 0 Å². The topological polar surface area (TPSA) is 41.1 Å². The van der Waals surface area contributed by atoms with Gasteiger partial charge in [-0.25, -0.2) is 9.18 Å². The zero-order valence-electron chi connectivity index (χ0n) is 12.4. The van der Waals surface area contributed by atoms with Crippen LogP contribution in [0.4, 0.5) is 14.9 Å². The van der Waals surface area contributed by atoms with Gasteiger partial charge in [0.05, 0.1) is 0 Å². The normalized spacial score (nSPS) is 26.1. The lowest BCUT2D eigenvalue weighted by Crippen LogP contribution is -2.45. The maximum atomic E-state index is 13.4. The van der Waals surface area contributed by atoms with Gasteiger partial charge in [-0.05, 0) is 42.9 Å². The number of amides is 2. The van der Waals surface area contributed by atoms with Crippen LogP contribution in [0.25, 0.3) is 0 Å². The highest BCUT2D eigenvalue weighted by Gasteiger charge is 2.28. The maximum Gasteiger partial charge on any atom is 0.319 e. The number of nitrogens with one attached hydrogen (secondary N) is 2. The van der Waals surface area contributed by atoms with Gasteiger partial charge in [0.15, 0.2) is 0 Å². The standard InChI is InChI=1S/C16H23FN2O/c1-10-5-4-6-15(12(10)3)19-16(20)18-13-8-7-11(2)14(17)9-13/h7-10,12,15H,4-6H2,1-3H3,(H2,18,19,20)/t10-,12+,15-/m1/s1. The summed E-state index contributed by atoms with van der Waals surface area (Å²) in [6, 6.07) is 4.68. The Kier molecular flexibility index (Phi) is 4.63. The smallest absolute Gasteiger partial charge is 0.319 e. The van der Waals surface area contributed by atoms with E-state index in [2.05, 4.69) is 24.5 Å². The minimum atomic E-state index is -0.303. The van der Waals surface area contributed by atoms with Crippen molar-refractivity contribution in [3.63, 3.8) is 0 Å². The summed E-state index contributed by atoms with van der Waals surface area (Å²) >= 11 is 0. The molecule has 1 saturated carbocycles. The molecule has 1 aliphatic carbocycles. The fraction of sp³-hybridized carbons (Fsp3) is 0.562. The molecular formula is C16H23FN2O. The third-order valence-corrected chi connectivity index (χ3v) is 4.45. The van der Waals surface area contributed by atoms with Gasteiger partial charge in [0.25, 0.3) is 0 Å². The van der Waals surface area contributed by atoms with Crippen molar-refractivity contribution in [1.82, 2.24) is 5.32 Å². The molecule has 20 heavy (non-hydrogen) atoms. The number of anilines is 1. The van der Waals surface area contributed by atoms with Crippen molar-refractivity contribution in [2.75, 3.05) is 5.32 Å². The third kappa shape index (κ3) is 3.50. The van der Waals surface area contributed by atoms with Crippen LogP contribution in [0.2, 0.25) is 0 Å². The minimum absolute atomic E-state index is 0.203. The first-order chi connectivity index (χ1) is 9.47. The van der Waals surface area contributed by atoms with E-state index in [1.54, 1.807) is 19.1 Å². The first-order valence-electron chi connectivity index (χ1n) is 7.31. The second-order valence-corrected chi connectivity index (χ2v) is 5.94. The van der Waals surface area contributed by atoms with Gasteiger partial charge in [-0.15, -0.1) is 0 Å². The second-order valence-electron chi connectivity index (χ2n) is 5.94. The largest absolute Gasteiger partial charge is 0.335 e. The molecule has 0 aliphatic heterocycles. The average Bonchev–Trinajstić information content (AvgIpc) is 2.39. The zero-order chi connectivity index (χ0) is 14.7. The molecule has 1 fully saturated rings. The minimum Gasteiger partial charge on any atom is -0.335 e. The van der Waals surface area contributed by atoms with Crippen molar-refractivity contribution >= 4 is 11.7 Å². The number of benzene rings is 1. The molecule has 1 aromatic carbocycles. The highest BCUT2D eigenvalue weighted by molar-refractivity contribution is 5.89. The lowest BCUT2D eigenvalue weighted by molar-refractivity contribution is 0.201. The van der Waals surface area contributed by atoms with Crippen molar-refractivity contribution in [2.45, 2.75) is 46.1 Å². The molecule has 0 heterocycles. The molecule has 3 atom stereocenters. The van der Waals surface area contributed by atoms with Crippen LogP contribution in [0.15, 0.2) is 18.2 Å². The average molecular weight is 278 g/mol. The van der Waals surface area contributed by atoms with Crippen LogP contribution < -0.4 is 10.6 Å². The maximum absolute atomic E-state index is 13.4. The van der Waals surface area contributed by atoms with Crippen molar-refractivity contribution in [3.8, 4) is 0 Å². The van der Waals surface area contributed by atoms with Crippen molar-refractivity contribution in [2.24, 2.45) is 11.8 Å². The molecule has 0 saturated heterocycles. The van der Waals surface area contributed by atoms with E-state index in [0.29, 0.717) is 23.1 Å². The van der Waals surface area contributed by atoms with Gasteiger partial charge >= 0.3 is 6.03 Å². The summed E-state index contributed by atoms with van der Waals surface area (Å²) in [6.07, 6.45) is 3.39. The van der Waals surface area contributed by atoms with Crippen molar-refractivity contribution in [1.29, 1.82) is 0 Å². The predicted molar refractivity (Wildman–Crippen MR) is 79.3 cm³/mol. The Hall–Kier alpha value is -1.58. The first kappa shape index (κ1) is 14.8. The summed E-state index contributed by atoms with van der Waals surface area (Å²) in [5.41, 5.74) is 1.06. The summed E-state index contributed by atoms with van der Waals surface area (Å²) in [7, 11) is 0. The van der Waals surface area contributed by atoms with Crippen molar-refractivity contribution in [3.05, 3.63) is 29.6 Å². The summed E-state index contributed by atoms with van der Waals surface area (Å²) < 4.78 is 13.4. The van der Waals surface area contributed by atoms with Gasteiger partial charge in [-0.3, -0.25) is 0 Å². The van der Waals surface area contributed by atoms with Crippen LogP contribution in [0.5, 0.6) is 0 Å². The molecule has 110 valence electrons. The number of carbonyl (C=O) groups is 1. The van der Waals surface area contributed by atoms with Crippen LogP contribution >= 0.6 is 0 Å². The van der Waals surface area contributed by atoms with Crippen LogP contribution in [-0.4, -0.2) is 12.1 Å². The Balaban J connectivity index is 1.93. The third-order valence-electron chi connectivity index (χ3n) is 4.45. The molecule has 3 nitrogen and oxygen atoms in total. The zero-order valence-corrected chi connectivity index (χ0v) is 12.4. The number of carbonyl (C=O) groups excluding carboxylic acids is 1. The first-order valence-corrected chi connectivity index (χ1v) is 7.31. The molecular weight excluding hydrogens is 255 g/mol. The molecule has 0 bridgehead atoms. The molecule has 4 heteroatoms. The highest BCUT2D eigenvalue weighted by atomic mass is 19.1. The molecule has 0 spiro atoms. The molecule has 2 N–H and O–H groups in total. The van der Waals surface area contributed by atoms with Crippen LogP contribution in [0.3, 0.4) is 0 Å². The van der Waals surface area contributed by atoms with E-state index < -0.39 is 0 Å². The quantitative estimate of drug-likeness (QED) is 0.841. The molecule has 1 aromatic rings. The number of rotatable bonds is 2. The molecule has 0 radical (unpaired) electrons. The molecule has 0 aromatic heterocycles. The Labute approximate surface area is 120 Å². The lowest BCUT2D eigenvalue weighted by atomic mass is 9.78. The number of hydrogen-bond acceptors (Lipinski definition) is 1. The van der Waals surface area contributed by atoms with E-state index in [0.717, 1.165) is 12.8 Å². The van der Waals surface area contributed by atoms with Gasteiger partial charge in [0.2, 0.25) is 0 Å². The lowest BCUT2D eigenvalue weighted by Gasteiger charge is -2.34. The van der Waals surface area contributed by atoms with E-state index in [-0.39, 0.29) is 17.9 Å². The summed E-state index contributed by atoms with van der Waals surface area (Å²) in [5, 5.41) is 5.71. The van der Waals surface area contributed by atoms with Gasteiger partial charge in [-0.2, -0.15) is 0 Å². The number of aryl methyl sites for hydroxylation is 1. The van der Waals surface area contributed by atoms with Gasteiger partial charge in [-0.1, -0.05) is 32.8 Å². The van der Waals surface area contributed by atoms with Gasteiger partial charge < -0.3 is 10.6 Å². The Morgan fingerprint density at radius 3 is 2.75 bits per heavy atom. The van der Waals surface area contributed by atoms with E-state index in [1.165, 1.54) is 12.5 Å². The van der Waals surface area contributed by atoms with Gasteiger partial charge in [0.1, 0.15) is 5.82 Å². The van der Waals surface area contributed by atoms with Crippen LogP contribution in [0.1, 0.15) is 38.7 Å². The Bertz CT molecular complexity index is 489. The van der Waals surface area contributed by atoms with E-state index in [1.807, 2.05) is 0 Å². The second kappa shape index (κ2) is 6.25. The summed E-state index contributed by atoms with van der Waals surface area (Å²) in [4.78, 5) is 12.0. The number of urea groups is 1. The van der Waals surface area contributed by atoms with Crippen molar-refractivity contribution < 1.29 is 9.18 Å². The Morgan fingerprint density at radius 1 is 1.30 bits per heavy atom. The summed E-state index contributed by atoms with van der Waals surface area (Å²) in [6.45, 7) is 6.11. The predicted octanol–water partition coefficient (Wildman–Crippen LogP) is 4.08. The summed E-state index contributed by atoms with van der Waals surface area (Å²) in [5.74, 6) is 0.803. The van der Waals surface area contributed by atoms with Gasteiger partial charge in [0, 0.05) is 11.7 Å². The van der Waals surface area contributed by atoms with E-state index in [9.17, 15) is 9.18 Å². The van der Waals surface area contributed by atoms with Crippen LogP contribution in [0, 0.1) is 24.6 Å². The number of halogens is 1. The fourth-order valence-corrected chi connectivity index (χ4v) is 2.79. The number of hydrogen-bond donors (Lipinski definition) is 2. The highest BCUT2D eigenvalue weighted by Crippen LogP contribution is 2.29. The Morgan fingerprint density at radius 2 is 2.05 bits per heavy atom. The molecule has 2 amide bonds. The van der Waals surface area contributed by atoms with E-state index >= 15 is 0 Å². The monoisotopic (exact) mass is 278 g/mol. The molecule has 2 rings (SSSR count). The fourth-order valence-electron chi connectivity index (χ4n) is 2.79.